The van der Waals surface area contributed by atoms with E-state index < -0.39 is 0 Å². The van der Waals surface area contributed by atoms with Gasteiger partial charge in [-0.2, -0.15) is 0 Å². The largest absolute Gasteiger partial charge is 0.476 e. The number of nitrogens with two attached hydrogens (primary N) is 1. The van der Waals surface area contributed by atoms with E-state index in [2.05, 4.69) is 5.10 Å². The Morgan fingerprint density at radius 2 is 2.38 bits per heavy atom. The van der Waals surface area contributed by atoms with Crippen molar-refractivity contribution in [2.75, 3.05) is 19.0 Å². The minimum atomic E-state index is 0.609. The number of anilines is 1. The van der Waals surface area contributed by atoms with Crippen LogP contribution in [0, 0.1) is 0 Å². The normalized spacial score (nSPS) is 11.0. The average molecular weight is 199 g/mol. The van der Waals surface area contributed by atoms with Crippen LogP contribution in [0.25, 0.3) is 0 Å². The van der Waals surface area contributed by atoms with Crippen LogP contribution in [-0.2, 0) is 7.05 Å². The number of ether oxygens (including phenoxy) is 1. The maximum Gasteiger partial charge on any atom is 0.242 e. The number of rotatable bonds is 3. The quantitative estimate of drug-likeness (QED) is 0.742. The number of aryl methyl sites for hydroxylation is 1. The first kappa shape index (κ1) is 10.1. The smallest absolute Gasteiger partial charge is 0.242 e. The van der Waals surface area contributed by atoms with Crippen molar-refractivity contribution in [3.8, 4) is 5.88 Å². The van der Waals surface area contributed by atoms with Crippen molar-refractivity contribution in [1.29, 1.82) is 0 Å². The molecule has 0 bridgehead atoms. The molecule has 4 nitrogen and oxygen atoms in total. The third-order valence-electron chi connectivity index (χ3n) is 1.64. The van der Waals surface area contributed by atoms with E-state index in [9.17, 15) is 0 Å². The Labute approximate surface area is 79.5 Å². The van der Waals surface area contributed by atoms with E-state index in [1.165, 1.54) is 0 Å². The van der Waals surface area contributed by atoms with Gasteiger partial charge in [-0.15, -0.1) is 13.3 Å². The standard InChI is InChI=1S/C8H14N3OP/c1-4-12-8-6(5-13-3)7(9)11(2)10-8/h5H,4,9H2,1-3H3. The fourth-order valence-electron chi connectivity index (χ4n) is 1.02. The van der Waals surface area contributed by atoms with Gasteiger partial charge in [-0.3, -0.25) is 0 Å². The molecule has 1 heterocycles. The van der Waals surface area contributed by atoms with Gasteiger partial charge in [0.05, 0.1) is 12.2 Å². The molecule has 0 unspecified atom stereocenters. The number of nitrogen functional groups attached to an aromatic ring is 1. The molecule has 2 N–H and O–H groups in total. The van der Waals surface area contributed by atoms with Crippen LogP contribution >= 0.6 is 8.20 Å². The highest BCUT2D eigenvalue weighted by Crippen LogP contribution is 2.21. The fourth-order valence-corrected chi connectivity index (χ4v) is 1.52. The monoisotopic (exact) mass is 199 g/mol. The lowest BCUT2D eigenvalue weighted by Crippen LogP contribution is -1.98. The Balaban J connectivity index is 3.10. The number of hydrogen-bond donors (Lipinski definition) is 1. The first-order valence-electron chi connectivity index (χ1n) is 4.08. The van der Waals surface area contributed by atoms with Gasteiger partial charge in [-0.1, -0.05) is 0 Å². The highest BCUT2D eigenvalue weighted by atomic mass is 31.1. The molecular weight excluding hydrogens is 185 g/mol. The number of aromatic nitrogens is 2. The lowest BCUT2D eigenvalue weighted by molar-refractivity contribution is 0.323. The van der Waals surface area contributed by atoms with Gasteiger partial charge < -0.3 is 10.5 Å². The number of nitrogens with zero attached hydrogens (tertiary/aromatic N) is 2. The van der Waals surface area contributed by atoms with E-state index in [0.29, 0.717) is 18.3 Å². The molecule has 0 aromatic carbocycles. The maximum atomic E-state index is 5.80. The van der Waals surface area contributed by atoms with Crippen molar-refractivity contribution in [1.82, 2.24) is 9.78 Å². The van der Waals surface area contributed by atoms with E-state index in [0.717, 1.165) is 13.8 Å². The van der Waals surface area contributed by atoms with Crippen molar-refractivity contribution >= 4 is 19.8 Å². The van der Waals surface area contributed by atoms with Crippen LogP contribution in [0.15, 0.2) is 0 Å². The molecule has 0 aliphatic carbocycles. The lowest BCUT2D eigenvalue weighted by Gasteiger charge is -1.97. The summed E-state index contributed by atoms with van der Waals surface area (Å²) in [7, 11) is 2.95. The lowest BCUT2D eigenvalue weighted by atomic mass is 10.3. The molecule has 0 fully saturated rings. The van der Waals surface area contributed by atoms with Crippen LogP contribution in [-0.4, -0.2) is 28.8 Å². The zero-order valence-electron chi connectivity index (χ0n) is 8.11. The van der Waals surface area contributed by atoms with Crippen molar-refractivity contribution < 1.29 is 4.74 Å². The van der Waals surface area contributed by atoms with Crippen LogP contribution < -0.4 is 10.5 Å². The van der Waals surface area contributed by atoms with Crippen LogP contribution in [0.2, 0.25) is 0 Å². The predicted molar refractivity (Wildman–Crippen MR) is 56.8 cm³/mol. The van der Waals surface area contributed by atoms with Gasteiger partial charge in [0.15, 0.2) is 0 Å². The predicted octanol–water partition coefficient (Wildman–Crippen LogP) is 1.13. The summed E-state index contributed by atoms with van der Waals surface area (Å²) in [5.41, 5.74) is 6.70. The van der Waals surface area contributed by atoms with E-state index >= 15 is 0 Å². The molecular formula is C8H14N3OP. The average Bonchev–Trinajstić information content (AvgIpc) is 2.34. The molecule has 5 heteroatoms. The van der Waals surface area contributed by atoms with Crippen molar-refractivity contribution in [2.45, 2.75) is 6.92 Å². The van der Waals surface area contributed by atoms with E-state index in [4.69, 9.17) is 10.5 Å². The van der Waals surface area contributed by atoms with Crippen LogP contribution in [0.3, 0.4) is 0 Å². The molecule has 0 radical (unpaired) electrons. The van der Waals surface area contributed by atoms with Crippen molar-refractivity contribution in [3.63, 3.8) is 0 Å². The van der Waals surface area contributed by atoms with Gasteiger partial charge in [-0.25, -0.2) is 4.68 Å². The maximum absolute atomic E-state index is 5.80. The van der Waals surface area contributed by atoms with Gasteiger partial charge in [0.1, 0.15) is 5.82 Å². The van der Waals surface area contributed by atoms with Crippen molar-refractivity contribution in [3.05, 3.63) is 5.56 Å². The summed E-state index contributed by atoms with van der Waals surface area (Å²) in [6.45, 7) is 4.57. The summed E-state index contributed by atoms with van der Waals surface area (Å²) in [6.07, 6.45) is 0. The zero-order chi connectivity index (χ0) is 9.84. The number of hydrogen-bond acceptors (Lipinski definition) is 3. The summed E-state index contributed by atoms with van der Waals surface area (Å²) in [4.78, 5) is 0. The molecule has 0 spiro atoms. The Hall–Kier alpha value is -1.02. The van der Waals surface area contributed by atoms with E-state index in [-0.39, 0.29) is 0 Å². The molecule has 13 heavy (non-hydrogen) atoms. The van der Waals surface area contributed by atoms with Gasteiger partial charge in [0, 0.05) is 7.05 Å². The zero-order valence-corrected chi connectivity index (χ0v) is 9.01. The van der Waals surface area contributed by atoms with Gasteiger partial charge in [-0.05, 0) is 19.4 Å². The Morgan fingerprint density at radius 1 is 1.69 bits per heavy atom. The Kier molecular flexibility index (Phi) is 3.32. The minimum Gasteiger partial charge on any atom is -0.476 e. The van der Waals surface area contributed by atoms with Gasteiger partial charge in [0.2, 0.25) is 5.88 Å². The van der Waals surface area contributed by atoms with Crippen LogP contribution in [0.1, 0.15) is 12.5 Å². The Bertz CT molecular complexity index is 319. The third kappa shape index (κ3) is 2.01. The van der Waals surface area contributed by atoms with Crippen molar-refractivity contribution in [2.24, 2.45) is 7.05 Å². The highest BCUT2D eigenvalue weighted by molar-refractivity contribution is 7.38. The van der Waals surface area contributed by atoms with E-state index in [1.807, 2.05) is 26.4 Å². The molecule has 0 aliphatic heterocycles. The fraction of sp³-hybridized carbons (Fsp3) is 0.500. The summed E-state index contributed by atoms with van der Waals surface area (Å²) in [6, 6.07) is 0. The third-order valence-corrected chi connectivity index (χ3v) is 2.15. The first-order chi connectivity index (χ1) is 6.20. The SMILES string of the molecule is CCOc1nn(C)c(N)c1C=PC. The molecule has 1 rings (SSSR count). The Morgan fingerprint density at radius 3 is 2.92 bits per heavy atom. The molecule has 72 valence electrons. The summed E-state index contributed by atoms with van der Waals surface area (Å²) < 4.78 is 6.97. The van der Waals surface area contributed by atoms with E-state index in [1.54, 1.807) is 4.68 Å². The second kappa shape index (κ2) is 4.28. The molecule has 0 saturated carbocycles. The molecule has 0 amide bonds. The molecule has 0 aliphatic rings. The second-order valence-corrected chi connectivity index (χ2v) is 3.32. The summed E-state index contributed by atoms with van der Waals surface area (Å²) in [5, 5.41) is 4.15. The van der Waals surface area contributed by atoms with Gasteiger partial charge in [0.25, 0.3) is 0 Å². The minimum absolute atomic E-state index is 0.609. The molecule has 1 aromatic heterocycles. The van der Waals surface area contributed by atoms with Crippen LogP contribution in [0.5, 0.6) is 5.88 Å². The van der Waals surface area contributed by atoms with Gasteiger partial charge >= 0.3 is 0 Å². The second-order valence-electron chi connectivity index (χ2n) is 2.55. The summed E-state index contributed by atoms with van der Waals surface area (Å²) >= 11 is 0. The summed E-state index contributed by atoms with van der Waals surface area (Å²) in [5.74, 6) is 3.27. The first-order valence-corrected chi connectivity index (χ1v) is 5.49. The topological polar surface area (TPSA) is 53.1 Å². The molecule has 0 atom stereocenters. The highest BCUT2D eigenvalue weighted by Gasteiger charge is 2.11. The molecule has 0 saturated heterocycles. The van der Waals surface area contributed by atoms with Crippen LogP contribution in [0.4, 0.5) is 5.82 Å². The molecule has 1 aromatic rings.